The van der Waals surface area contributed by atoms with Gasteiger partial charge in [-0.1, -0.05) is 6.07 Å². The highest BCUT2D eigenvalue weighted by Crippen LogP contribution is 2.38. The van der Waals surface area contributed by atoms with Crippen molar-refractivity contribution in [1.82, 2.24) is 24.7 Å². The Balaban J connectivity index is 1.37. The number of carbonyl (C=O) groups excluding carboxylic acids is 1. The molecule has 3 aliphatic heterocycles. The van der Waals surface area contributed by atoms with Crippen LogP contribution >= 0.6 is 0 Å². The average molecular weight is 380 g/mol. The van der Waals surface area contributed by atoms with Gasteiger partial charge in [0.2, 0.25) is 0 Å². The minimum atomic E-state index is -0.0149. The van der Waals surface area contributed by atoms with Crippen LogP contribution in [0, 0.1) is 0 Å². The largest absolute Gasteiger partial charge is 0.493 e. The number of piperidine rings is 1. The van der Waals surface area contributed by atoms with Crippen LogP contribution in [-0.2, 0) is 0 Å². The minimum absolute atomic E-state index is 0.0149. The van der Waals surface area contributed by atoms with E-state index in [0.717, 1.165) is 25.3 Å². The van der Waals surface area contributed by atoms with Gasteiger partial charge in [-0.3, -0.25) is 4.79 Å². The van der Waals surface area contributed by atoms with Crippen molar-refractivity contribution in [2.75, 3.05) is 32.2 Å². The first-order valence-corrected chi connectivity index (χ1v) is 9.15. The standard InChI is InChI=1S/C19H20N6O3/c1-27-15-5-3-4-14(18(15)28-2)19(26)25-12-8-13(25)10-23(9-12)17-7-6-16-21-20-11-24(16)22-17/h3-7,11-13H,8-10H2,1-2H3. The second-order valence-corrected chi connectivity index (χ2v) is 7.03. The maximum atomic E-state index is 13.2. The fourth-order valence-electron chi connectivity index (χ4n) is 4.21. The van der Waals surface area contributed by atoms with Gasteiger partial charge in [-0.05, 0) is 30.7 Å². The highest BCUT2D eigenvalue weighted by atomic mass is 16.5. The van der Waals surface area contributed by atoms with E-state index in [0.29, 0.717) is 22.7 Å². The van der Waals surface area contributed by atoms with Gasteiger partial charge in [0.1, 0.15) is 12.1 Å². The second kappa shape index (κ2) is 6.36. The van der Waals surface area contributed by atoms with E-state index < -0.39 is 0 Å². The third-order valence-electron chi connectivity index (χ3n) is 5.53. The molecule has 3 aliphatic rings. The molecule has 1 aromatic carbocycles. The maximum absolute atomic E-state index is 13.2. The van der Waals surface area contributed by atoms with E-state index in [1.807, 2.05) is 23.1 Å². The fraction of sp³-hybridized carbons (Fsp3) is 0.368. The number of piperazine rings is 1. The predicted octanol–water partition coefficient (Wildman–Crippen LogP) is 1.24. The zero-order chi connectivity index (χ0) is 19.3. The van der Waals surface area contributed by atoms with Gasteiger partial charge < -0.3 is 19.3 Å². The number of hydrogen-bond donors (Lipinski definition) is 0. The zero-order valence-corrected chi connectivity index (χ0v) is 15.6. The number of amides is 1. The molecule has 0 radical (unpaired) electrons. The summed E-state index contributed by atoms with van der Waals surface area (Å²) in [5.41, 5.74) is 1.25. The molecule has 9 nitrogen and oxygen atoms in total. The first kappa shape index (κ1) is 16.8. The average Bonchev–Trinajstić information content (AvgIpc) is 3.20. The molecule has 0 spiro atoms. The van der Waals surface area contributed by atoms with E-state index in [9.17, 15) is 4.79 Å². The Labute approximate surface area is 161 Å². The van der Waals surface area contributed by atoms with Crippen molar-refractivity contribution in [1.29, 1.82) is 0 Å². The molecule has 2 unspecified atom stereocenters. The second-order valence-electron chi connectivity index (χ2n) is 7.03. The molecule has 9 heteroatoms. The predicted molar refractivity (Wildman–Crippen MR) is 101 cm³/mol. The van der Waals surface area contributed by atoms with Crippen molar-refractivity contribution in [3.05, 3.63) is 42.2 Å². The van der Waals surface area contributed by atoms with Crippen LogP contribution in [0.1, 0.15) is 16.8 Å². The summed E-state index contributed by atoms with van der Waals surface area (Å²) in [6.45, 7) is 1.49. The van der Waals surface area contributed by atoms with Gasteiger partial charge in [-0.2, -0.15) is 4.52 Å². The van der Waals surface area contributed by atoms with E-state index >= 15 is 0 Å². The van der Waals surface area contributed by atoms with Crippen molar-refractivity contribution < 1.29 is 14.3 Å². The minimum Gasteiger partial charge on any atom is -0.493 e. The van der Waals surface area contributed by atoms with Gasteiger partial charge in [-0.15, -0.1) is 15.3 Å². The van der Waals surface area contributed by atoms with Crippen LogP contribution in [0.25, 0.3) is 5.65 Å². The van der Waals surface area contributed by atoms with E-state index in [4.69, 9.17) is 9.47 Å². The molecule has 2 aromatic heterocycles. The summed E-state index contributed by atoms with van der Waals surface area (Å²) >= 11 is 0. The van der Waals surface area contributed by atoms with Crippen molar-refractivity contribution in [3.63, 3.8) is 0 Å². The fourth-order valence-corrected chi connectivity index (χ4v) is 4.21. The van der Waals surface area contributed by atoms with Crippen LogP contribution in [0.15, 0.2) is 36.7 Å². The summed E-state index contributed by atoms with van der Waals surface area (Å²) in [4.78, 5) is 17.4. The Kier molecular flexibility index (Phi) is 3.81. The molecule has 28 heavy (non-hydrogen) atoms. The number of para-hydroxylation sites is 1. The van der Waals surface area contributed by atoms with Crippen molar-refractivity contribution in [2.24, 2.45) is 0 Å². The van der Waals surface area contributed by atoms with Crippen LogP contribution in [0.4, 0.5) is 5.82 Å². The lowest BCUT2D eigenvalue weighted by Crippen LogP contribution is -2.70. The zero-order valence-electron chi connectivity index (χ0n) is 15.6. The molecular formula is C19H20N6O3. The SMILES string of the molecule is COc1cccc(C(=O)N2C3CC2CN(c2ccc4nncn4n2)C3)c1OC. The van der Waals surface area contributed by atoms with Crippen LogP contribution < -0.4 is 14.4 Å². The summed E-state index contributed by atoms with van der Waals surface area (Å²) in [5, 5.41) is 12.4. The molecule has 3 saturated heterocycles. The summed E-state index contributed by atoms with van der Waals surface area (Å²) in [6.07, 6.45) is 2.60. The monoisotopic (exact) mass is 380 g/mol. The summed E-state index contributed by atoms with van der Waals surface area (Å²) < 4.78 is 12.4. The highest BCUT2D eigenvalue weighted by molar-refractivity contribution is 5.99. The summed E-state index contributed by atoms with van der Waals surface area (Å²) in [7, 11) is 3.13. The van der Waals surface area contributed by atoms with E-state index in [1.165, 1.54) is 0 Å². The molecule has 1 amide bonds. The third-order valence-corrected chi connectivity index (χ3v) is 5.53. The topological polar surface area (TPSA) is 85.1 Å². The van der Waals surface area contributed by atoms with Gasteiger partial charge >= 0.3 is 0 Å². The number of fused-ring (bicyclic) bond motifs is 3. The number of anilines is 1. The van der Waals surface area contributed by atoms with Crippen LogP contribution in [0.3, 0.4) is 0 Å². The number of hydrogen-bond acceptors (Lipinski definition) is 7. The Bertz CT molecular complexity index is 1040. The van der Waals surface area contributed by atoms with E-state index in [1.54, 1.807) is 37.2 Å². The molecule has 2 atom stereocenters. The normalized spacial score (nSPS) is 20.8. The first-order chi connectivity index (χ1) is 13.7. The van der Waals surface area contributed by atoms with Crippen molar-refractivity contribution in [3.8, 4) is 11.5 Å². The maximum Gasteiger partial charge on any atom is 0.258 e. The molecule has 5 heterocycles. The summed E-state index contributed by atoms with van der Waals surface area (Å²) in [5.74, 6) is 1.90. The van der Waals surface area contributed by atoms with Crippen LogP contribution in [0.5, 0.6) is 11.5 Å². The third kappa shape index (κ3) is 2.46. The molecule has 3 fully saturated rings. The number of benzene rings is 1. The van der Waals surface area contributed by atoms with Gasteiger partial charge in [0.05, 0.1) is 31.9 Å². The van der Waals surface area contributed by atoms with Gasteiger partial charge in [0.25, 0.3) is 5.91 Å². The lowest BCUT2D eigenvalue weighted by atomic mass is 9.86. The first-order valence-electron chi connectivity index (χ1n) is 9.15. The smallest absolute Gasteiger partial charge is 0.258 e. The quantitative estimate of drug-likeness (QED) is 0.673. The van der Waals surface area contributed by atoms with Crippen LogP contribution in [-0.4, -0.2) is 70.0 Å². The van der Waals surface area contributed by atoms with Gasteiger partial charge in [0, 0.05) is 13.1 Å². The molecule has 2 bridgehead atoms. The number of carbonyl (C=O) groups is 1. The summed E-state index contributed by atoms with van der Waals surface area (Å²) in [6, 6.07) is 9.56. The number of aromatic nitrogens is 4. The van der Waals surface area contributed by atoms with Crippen LogP contribution in [0.2, 0.25) is 0 Å². The lowest BCUT2D eigenvalue weighted by Gasteiger charge is -2.56. The molecule has 144 valence electrons. The Morgan fingerprint density at radius 3 is 2.68 bits per heavy atom. The van der Waals surface area contributed by atoms with E-state index in [-0.39, 0.29) is 18.0 Å². The number of methoxy groups -OCH3 is 2. The van der Waals surface area contributed by atoms with Gasteiger partial charge in [0.15, 0.2) is 17.1 Å². The molecule has 3 aromatic rings. The number of rotatable bonds is 4. The Morgan fingerprint density at radius 1 is 1.11 bits per heavy atom. The lowest BCUT2D eigenvalue weighted by molar-refractivity contribution is 0.00544. The Hall–Kier alpha value is -3.36. The molecular weight excluding hydrogens is 360 g/mol. The van der Waals surface area contributed by atoms with E-state index in [2.05, 4.69) is 20.2 Å². The molecule has 0 N–H and O–H groups in total. The number of ether oxygens (including phenoxy) is 2. The van der Waals surface area contributed by atoms with Crippen molar-refractivity contribution >= 4 is 17.4 Å². The molecule has 0 saturated carbocycles. The molecule has 0 aliphatic carbocycles. The molecule has 6 rings (SSSR count). The number of nitrogens with zero attached hydrogens (tertiary/aromatic N) is 6. The van der Waals surface area contributed by atoms with Crippen molar-refractivity contribution in [2.45, 2.75) is 18.5 Å². The highest BCUT2D eigenvalue weighted by Gasteiger charge is 2.48. The van der Waals surface area contributed by atoms with Gasteiger partial charge in [-0.25, -0.2) is 0 Å². The Morgan fingerprint density at radius 2 is 1.93 bits per heavy atom.